The fraction of sp³-hybridized carbons (Fsp3) is 0.250. The summed E-state index contributed by atoms with van der Waals surface area (Å²) in [6.45, 7) is 1.69. The molecule has 2 rings (SSSR count). The van der Waals surface area contributed by atoms with E-state index in [1.807, 2.05) is 0 Å². The van der Waals surface area contributed by atoms with E-state index in [9.17, 15) is 9.59 Å². The van der Waals surface area contributed by atoms with Crippen molar-refractivity contribution in [2.24, 2.45) is 7.05 Å². The summed E-state index contributed by atoms with van der Waals surface area (Å²) in [5, 5.41) is 3.96. The third-order valence-electron chi connectivity index (χ3n) is 2.47. The van der Waals surface area contributed by atoms with Gasteiger partial charge < -0.3 is 0 Å². The van der Waals surface area contributed by atoms with Gasteiger partial charge in [-0.1, -0.05) is 0 Å². The maximum atomic E-state index is 11.9. The third kappa shape index (κ3) is 2.48. The summed E-state index contributed by atoms with van der Waals surface area (Å²) in [4.78, 5) is 31.6. The maximum absolute atomic E-state index is 11.9. The Morgan fingerprint density at radius 2 is 1.94 bits per heavy atom. The number of rotatable bonds is 4. The van der Waals surface area contributed by atoms with E-state index in [2.05, 4.69) is 15.1 Å². The zero-order chi connectivity index (χ0) is 13.1. The van der Waals surface area contributed by atoms with E-state index in [1.54, 1.807) is 26.2 Å². The van der Waals surface area contributed by atoms with E-state index >= 15 is 0 Å². The average molecular weight is 244 g/mol. The maximum Gasteiger partial charge on any atom is 0.190 e. The van der Waals surface area contributed by atoms with Crippen molar-refractivity contribution >= 4 is 11.6 Å². The molecule has 0 aromatic carbocycles. The zero-order valence-corrected chi connectivity index (χ0v) is 10.1. The van der Waals surface area contributed by atoms with Crippen LogP contribution < -0.4 is 0 Å². The second-order valence-corrected chi connectivity index (χ2v) is 3.89. The fourth-order valence-corrected chi connectivity index (χ4v) is 1.57. The van der Waals surface area contributed by atoms with Gasteiger partial charge in [-0.25, -0.2) is 4.98 Å². The minimum atomic E-state index is -0.337. The van der Waals surface area contributed by atoms with Crippen molar-refractivity contribution < 1.29 is 9.59 Å². The van der Waals surface area contributed by atoms with Crippen LogP contribution in [-0.2, 0) is 7.05 Å². The Hall–Kier alpha value is -2.37. The van der Waals surface area contributed by atoms with Crippen molar-refractivity contribution in [1.29, 1.82) is 0 Å². The molecule has 0 bridgehead atoms. The highest BCUT2D eigenvalue weighted by molar-refractivity contribution is 6.12. The Morgan fingerprint density at radius 3 is 2.56 bits per heavy atom. The summed E-state index contributed by atoms with van der Waals surface area (Å²) in [6, 6.07) is 1.58. The van der Waals surface area contributed by atoms with E-state index in [1.165, 1.54) is 17.1 Å². The molecular weight excluding hydrogens is 232 g/mol. The lowest BCUT2D eigenvalue weighted by atomic mass is 10.1. The Morgan fingerprint density at radius 1 is 1.22 bits per heavy atom. The number of hydrogen-bond donors (Lipinski definition) is 0. The van der Waals surface area contributed by atoms with Crippen LogP contribution in [0.15, 0.2) is 24.7 Å². The minimum absolute atomic E-state index is 0.238. The fourth-order valence-electron chi connectivity index (χ4n) is 1.57. The molecular formula is C12H12N4O2. The van der Waals surface area contributed by atoms with E-state index in [-0.39, 0.29) is 29.4 Å². The SMILES string of the molecule is Cc1nccnc1C(=O)CC(=O)c1ccn(C)n1. The standard InChI is InChI=1S/C12H12N4O2/c1-8-12(14-5-4-13-8)11(18)7-10(17)9-3-6-16(2)15-9/h3-6H,7H2,1-2H3. The molecule has 2 heterocycles. The predicted molar refractivity (Wildman–Crippen MR) is 63.3 cm³/mol. The molecule has 0 saturated carbocycles. The van der Waals surface area contributed by atoms with Crippen LogP contribution in [0.3, 0.4) is 0 Å². The van der Waals surface area contributed by atoms with Crippen LogP contribution in [0.5, 0.6) is 0 Å². The molecule has 0 unspecified atom stereocenters. The minimum Gasteiger partial charge on any atom is -0.292 e. The van der Waals surface area contributed by atoms with Crippen LogP contribution in [0.2, 0.25) is 0 Å². The van der Waals surface area contributed by atoms with Crippen LogP contribution in [0.4, 0.5) is 0 Å². The summed E-state index contributed by atoms with van der Waals surface area (Å²) in [6.07, 6.45) is 4.36. The molecule has 6 nitrogen and oxygen atoms in total. The van der Waals surface area contributed by atoms with Crippen LogP contribution in [-0.4, -0.2) is 31.3 Å². The summed E-state index contributed by atoms with van der Waals surface area (Å²) in [5.41, 5.74) is 1.05. The van der Waals surface area contributed by atoms with E-state index in [0.29, 0.717) is 5.69 Å². The van der Waals surface area contributed by atoms with Gasteiger partial charge in [0.15, 0.2) is 11.6 Å². The van der Waals surface area contributed by atoms with E-state index in [4.69, 9.17) is 0 Å². The Labute approximate surface area is 104 Å². The molecule has 92 valence electrons. The van der Waals surface area contributed by atoms with Gasteiger partial charge in [0.1, 0.15) is 11.4 Å². The van der Waals surface area contributed by atoms with Crippen molar-refractivity contribution in [3.63, 3.8) is 0 Å². The number of aryl methyl sites for hydroxylation is 2. The van der Waals surface area contributed by atoms with E-state index < -0.39 is 0 Å². The van der Waals surface area contributed by atoms with E-state index in [0.717, 1.165) is 0 Å². The van der Waals surface area contributed by atoms with Gasteiger partial charge >= 0.3 is 0 Å². The molecule has 0 radical (unpaired) electrons. The highest BCUT2D eigenvalue weighted by atomic mass is 16.1. The molecule has 6 heteroatoms. The molecule has 0 aliphatic heterocycles. The Bertz CT molecular complexity index is 604. The molecule has 0 saturated heterocycles. The number of carbonyl (C=O) groups excluding carboxylic acids is 2. The van der Waals surface area contributed by atoms with Gasteiger partial charge in [-0.2, -0.15) is 5.10 Å². The molecule has 0 amide bonds. The van der Waals surface area contributed by atoms with Crippen molar-refractivity contribution in [2.45, 2.75) is 13.3 Å². The molecule has 0 atom stereocenters. The largest absolute Gasteiger partial charge is 0.292 e. The lowest BCUT2D eigenvalue weighted by Crippen LogP contribution is -2.12. The first kappa shape index (κ1) is 12.1. The van der Waals surface area contributed by atoms with Crippen LogP contribution in [0, 0.1) is 6.92 Å². The second-order valence-electron chi connectivity index (χ2n) is 3.89. The van der Waals surface area contributed by atoms with Crippen molar-refractivity contribution in [2.75, 3.05) is 0 Å². The molecule has 18 heavy (non-hydrogen) atoms. The third-order valence-corrected chi connectivity index (χ3v) is 2.47. The number of ketones is 2. The summed E-state index contributed by atoms with van der Waals surface area (Å²) in [5.74, 6) is -0.651. The summed E-state index contributed by atoms with van der Waals surface area (Å²) < 4.78 is 1.52. The van der Waals surface area contributed by atoms with Gasteiger partial charge in [-0.15, -0.1) is 0 Å². The Kier molecular flexibility index (Phi) is 3.27. The topological polar surface area (TPSA) is 77.7 Å². The van der Waals surface area contributed by atoms with Gasteiger partial charge in [0.05, 0.1) is 12.1 Å². The molecule has 2 aromatic rings. The quantitative estimate of drug-likeness (QED) is 0.591. The van der Waals surface area contributed by atoms with Crippen LogP contribution in [0.25, 0.3) is 0 Å². The van der Waals surface area contributed by atoms with Gasteiger partial charge in [0, 0.05) is 25.6 Å². The lowest BCUT2D eigenvalue weighted by molar-refractivity contribution is 0.0887. The Balaban J connectivity index is 2.13. The van der Waals surface area contributed by atoms with Gasteiger partial charge in [-0.3, -0.25) is 19.3 Å². The number of Topliss-reactive ketones (excluding diaryl/α,β-unsaturated/α-hetero) is 2. The van der Waals surface area contributed by atoms with Crippen molar-refractivity contribution in [3.8, 4) is 0 Å². The molecule has 0 N–H and O–H groups in total. The van der Waals surface area contributed by atoms with Crippen molar-refractivity contribution in [3.05, 3.63) is 41.7 Å². The van der Waals surface area contributed by atoms with Crippen LogP contribution in [0.1, 0.15) is 33.1 Å². The molecule has 2 aromatic heterocycles. The predicted octanol–water partition coefficient (Wildman–Crippen LogP) is 0.974. The lowest BCUT2D eigenvalue weighted by Gasteiger charge is -2.01. The molecule has 0 fully saturated rings. The van der Waals surface area contributed by atoms with Gasteiger partial charge in [0.25, 0.3) is 0 Å². The normalized spacial score (nSPS) is 10.3. The number of hydrogen-bond acceptors (Lipinski definition) is 5. The highest BCUT2D eigenvalue weighted by Crippen LogP contribution is 2.07. The highest BCUT2D eigenvalue weighted by Gasteiger charge is 2.18. The monoisotopic (exact) mass is 244 g/mol. The zero-order valence-electron chi connectivity index (χ0n) is 10.1. The average Bonchev–Trinajstić information content (AvgIpc) is 2.76. The first-order valence-electron chi connectivity index (χ1n) is 5.41. The number of nitrogens with zero attached hydrogens (tertiary/aromatic N) is 4. The van der Waals surface area contributed by atoms with Gasteiger partial charge in [0.2, 0.25) is 0 Å². The molecule has 0 aliphatic carbocycles. The number of aromatic nitrogens is 4. The summed E-state index contributed by atoms with van der Waals surface area (Å²) >= 11 is 0. The smallest absolute Gasteiger partial charge is 0.190 e. The van der Waals surface area contributed by atoms with Crippen molar-refractivity contribution in [1.82, 2.24) is 19.7 Å². The number of carbonyl (C=O) groups is 2. The second kappa shape index (κ2) is 4.87. The first-order chi connectivity index (χ1) is 8.58. The van der Waals surface area contributed by atoms with Gasteiger partial charge in [-0.05, 0) is 13.0 Å². The molecule has 0 spiro atoms. The molecule has 0 aliphatic rings. The summed E-state index contributed by atoms with van der Waals surface area (Å²) in [7, 11) is 1.71. The first-order valence-corrected chi connectivity index (χ1v) is 5.41. The van der Waals surface area contributed by atoms with Crippen LogP contribution >= 0.6 is 0 Å².